The average molecular weight is 285 g/mol. The van der Waals surface area contributed by atoms with Crippen molar-refractivity contribution >= 4 is 21.5 Å². The van der Waals surface area contributed by atoms with Crippen LogP contribution in [0.15, 0.2) is 29.2 Å². The summed E-state index contributed by atoms with van der Waals surface area (Å²) in [5.41, 5.74) is 0.222. The van der Waals surface area contributed by atoms with Crippen LogP contribution >= 0.6 is 0 Å². The molecule has 0 saturated heterocycles. The third kappa shape index (κ3) is 4.15. The number of hydrogen-bond acceptors (Lipinski definition) is 5. The molecule has 0 radical (unpaired) electrons. The normalized spacial score (nSPS) is 12.8. The number of carbonyl (C=O) groups excluding carboxylic acids is 2. The number of nitrogens with one attached hydrogen (secondary N) is 1. The zero-order chi connectivity index (χ0) is 14.6. The number of sulfone groups is 1. The van der Waals surface area contributed by atoms with Crippen LogP contribution in [0.25, 0.3) is 0 Å². The molecule has 104 valence electrons. The van der Waals surface area contributed by atoms with Crippen LogP contribution in [-0.2, 0) is 14.6 Å². The molecule has 2 N–H and O–H groups in total. The van der Waals surface area contributed by atoms with Crippen LogP contribution in [0.2, 0.25) is 0 Å². The Morgan fingerprint density at radius 2 is 1.79 bits per heavy atom. The Labute approximate surface area is 111 Å². The van der Waals surface area contributed by atoms with Crippen LogP contribution in [-0.4, -0.2) is 44.1 Å². The molecule has 1 unspecified atom stereocenters. The SMILES string of the molecule is CC(=O)NC(CO)C(=O)c1ccc(S(C)(=O)=O)cc1. The van der Waals surface area contributed by atoms with Crippen molar-refractivity contribution < 1.29 is 23.1 Å². The highest BCUT2D eigenvalue weighted by Crippen LogP contribution is 2.11. The minimum atomic E-state index is -3.32. The summed E-state index contributed by atoms with van der Waals surface area (Å²) in [6.45, 7) is 0.717. The number of hydrogen-bond donors (Lipinski definition) is 2. The number of amides is 1. The number of aliphatic hydroxyl groups is 1. The summed E-state index contributed by atoms with van der Waals surface area (Å²) < 4.78 is 22.5. The lowest BCUT2D eigenvalue weighted by Crippen LogP contribution is -2.42. The van der Waals surface area contributed by atoms with Crippen molar-refractivity contribution in [1.29, 1.82) is 0 Å². The van der Waals surface area contributed by atoms with E-state index in [2.05, 4.69) is 5.32 Å². The van der Waals surface area contributed by atoms with E-state index in [0.29, 0.717) is 0 Å². The van der Waals surface area contributed by atoms with Crippen LogP contribution in [0.1, 0.15) is 17.3 Å². The molecule has 1 amide bonds. The van der Waals surface area contributed by atoms with Crippen LogP contribution < -0.4 is 5.32 Å². The third-order valence-electron chi connectivity index (χ3n) is 2.44. The molecule has 1 aromatic rings. The Bertz CT molecular complexity index is 577. The first-order valence-electron chi connectivity index (χ1n) is 5.48. The van der Waals surface area contributed by atoms with Gasteiger partial charge in [0.25, 0.3) is 0 Å². The molecule has 0 fully saturated rings. The molecule has 0 aliphatic carbocycles. The topological polar surface area (TPSA) is 101 Å². The number of aliphatic hydroxyl groups excluding tert-OH is 1. The van der Waals surface area contributed by atoms with E-state index in [1.54, 1.807) is 0 Å². The van der Waals surface area contributed by atoms with Gasteiger partial charge in [0.2, 0.25) is 5.91 Å². The lowest BCUT2D eigenvalue weighted by molar-refractivity contribution is -0.119. The standard InChI is InChI=1S/C12H15NO5S/c1-8(15)13-11(7-14)12(16)9-3-5-10(6-4-9)19(2,17)18/h3-6,11,14H,7H2,1-2H3,(H,13,15). The minimum absolute atomic E-state index is 0.101. The Balaban J connectivity index is 2.97. The van der Waals surface area contributed by atoms with Crippen LogP contribution in [0, 0.1) is 0 Å². The van der Waals surface area contributed by atoms with E-state index in [1.165, 1.54) is 31.2 Å². The van der Waals surface area contributed by atoms with Crippen LogP contribution in [0.3, 0.4) is 0 Å². The number of rotatable bonds is 5. The van der Waals surface area contributed by atoms with Crippen molar-refractivity contribution in [2.45, 2.75) is 17.9 Å². The van der Waals surface area contributed by atoms with Crippen molar-refractivity contribution in [3.8, 4) is 0 Å². The first kappa shape index (κ1) is 15.3. The predicted molar refractivity (Wildman–Crippen MR) is 68.6 cm³/mol. The van der Waals surface area contributed by atoms with Gasteiger partial charge in [-0.1, -0.05) is 12.1 Å². The van der Waals surface area contributed by atoms with Gasteiger partial charge < -0.3 is 10.4 Å². The van der Waals surface area contributed by atoms with Crippen LogP contribution in [0.4, 0.5) is 0 Å². The summed E-state index contributed by atoms with van der Waals surface area (Å²) in [6.07, 6.45) is 1.07. The van der Waals surface area contributed by atoms with Gasteiger partial charge in [-0.25, -0.2) is 8.42 Å². The fourth-order valence-corrected chi connectivity index (χ4v) is 2.14. The zero-order valence-electron chi connectivity index (χ0n) is 10.6. The highest BCUT2D eigenvalue weighted by molar-refractivity contribution is 7.90. The number of Topliss-reactive ketones (excluding diaryl/α,β-unsaturated/α-hetero) is 1. The second-order valence-corrected chi connectivity index (χ2v) is 6.11. The van der Waals surface area contributed by atoms with Crippen molar-refractivity contribution in [3.05, 3.63) is 29.8 Å². The maximum Gasteiger partial charge on any atom is 0.217 e. The fraction of sp³-hybridized carbons (Fsp3) is 0.333. The Hall–Kier alpha value is -1.73. The molecule has 7 heteroatoms. The third-order valence-corrected chi connectivity index (χ3v) is 3.57. The molecule has 6 nitrogen and oxygen atoms in total. The van der Waals surface area contributed by atoms with E-state index in [0.717, 1.165) is 6.26 Å². The molecule has 1 rings (SSSR count). The summed E-state index contributed by atoms with van der Waals surface area (Å²) in [5, 5.41) is 11.4. The summed E-state index contributed by atoms with van der Waals surface area (Å²) in [5.74, 6) is -0.905. The monoisotopic (exact) mass is 285 g/mol. The summed E-state index contributed by atoms with van der Waals surface area (Å²) in [4.78, 5) is 22.9. The van der Waals surface area contributed by atoms with Crippen molar-refractivity contribution in [3.63, 3.8) is 0 Å². The number of benzene rings is 1. The second kappa shape index (κ2) is 5.94. The predicted octanol–water partition coefficient (Wildman–Crippen LogP) is -0.230. The van der Waals surface area contributed by atoms with Crippen molar-refractivity contribution in [1.82, 2.24) is 5.32 Å². The maximum atomic E-state index is 11.9. The number of ketones is 1. The molecule has 0 heterocycles. The van der Waals surface area contributed by atoms with E-state index >= 15 is 0 Å². The van der Waals surface area contributed by atoms with Gasteiger partial charge in [-0.3, -0.25) is 9.59 Å². The maximum absolute atomic E-state index is 11.9. The van der Waals surface area contributed by atoms with Crippen LogP contribution in [0.5, 0.6) is 0 Å². The molecule has 1 atom stereocenters. The van der Waals surface area contributed by atoms with Gasteiger partial charge >= 0.3 is 0 Å². The lowest BCUT2D eigenvalue weighted by atomic mass is 10.0. The lowest BCUT2D eigenvalue weighted by Gasteiger charge is -2.13. The Kier molecular flexibility index (Phi) is 4.79. The molecule has 0 saturated carbocycles. The molecular weight excluding hydrogens is 270 g/mol. The molecular formula is C12H15NO5S. The van der Waals surface area contributed by atoms with Gasteiger partial charge in [-0.05, 0) is 12.1 Å². The minimum Gasteiger partial charge on any atom is -0.394 e. The number of carbonyl (C=O) groups is 2. The van der Waals surface area contributed by atoms with Gasteiger partial charge in [0.15, 0.2) is 15.6 Å². The van der Waals surface area contributed by atoms with E-state index in [-0.39, 0.29) is 10.5 Å². The Morgan fingerprint density at radius 3 is 2.16 bits per heavy atom. The smallest absolute Gasteiger partial charge is 0.217 e. The Morgan fingerprint density at radius 1 is 1.26 bits per heavy atom. The van der Waals surface area contributed by atoms with Gasteiger partial charge in [-0.15, -0.1) is 0 Å². The van der Waals surface area contributed by atoms with E-state index in [4.69, 9.17) is 5.11 Å². The van der Waals surface area contributed by atoms with Gasteiger partial charge in [-0.2, -0.15) is 0 Å². The van der Waals surface area contributed by atoms with E-state index in [1.807, 2.05) is 0 Å². The highest BCUT2D eigenvalue weighted by Gasteiger charge is 2.20. The molecule has 19 heavy (non-hydrogen) atoms. The zero-order valence-corrected chi connectivity index (χ0v) is 11.4. The molecule has 0 spiro atoms. The second-order valence-electron chi connectivity index (χ2n) is 4.10. The van der Waals surface area contributed by atoms with Crippen molar-refractivity contribution in [2.24, 2.45) is 0 Å². The molecule has 0 bridgehead atoms. The molecule has 0 aromatic heterocycles. The quantitative estimate of drug-likeness (QED) is 0.728. The van der Waals surface area contributed by atoms with Gasteiger partial charge in [0.1, 0.15) is 6.04 Å². The summed E-state index contributed by atoms with van der Waals surface area (Å²) in [6, 6.07) is 4.30. The van der Waals surface area contributed by atoms with E-state index in [9.17, 15) is 18.0 Å². The van der Waals surface area contributed by atoms with Gasteiger partial charge in [0.05, 0.1) is 11.5 Å². The highest BCUT2D eigenvalue weighted by atomic mass is 32.2. The largest absolute Gasteiger partial charge is 0.394 e. The van der Waals surface area contributed by atoms with Crippen molar-refractivity contribution in [2.75, 3.05) is 12.9 Å². The summed E-state index contributed by atoms with van der Waals surface area (Å²) >= 11 is 0. The average Bonchev–Trinajstić information content (AvgIpc) is 2.34. The van der Waals surface area contributed by atoms with Gasteiger partial charge in [0, 0.05) is 18.7 Å². The fourth-order valence-electron chi connectivity index (χ4n) is 1.51. The first-order chi connectivity index (χ1) is 8.75. The first-order valence-corrected chi connectivity index (χ1v) is 7.37. The summed E-state index contributed by atoms with van der Waals surface area (Å²) in [7, 11) is -3.32. The molecule has 0 aliphatic rings. The van der Waals surface area contributed by atoms with E-state index < -0.39 is 34.2 Å². The molecule has 0 aliphatic heterocycles. The molecule has 1 aromatic carbocycles.